The Hall–Kier alpha value is -0.963. The maximum Gasteiger partial charge on any atom is 0.250 e. The van der Waals surface area contributed by atoms with Gasteiger partial charge in [-0.1, -0.05) is 27.7 Å². The highest BCUT2D eigenvalue weighted by atomic mass is 28.4. The molecule has 0 aliphatic carbocycles. The van der Waals surface area contributed by atoms with E-state index in [1.165, 1.54) is 5.56 Å². The predicted octanol–water partition coefficient (Wildman–Crippen LogP) is 4.22. The number of nitrogen functional groups attached to an aromatic ring is 1. The molecule has 0 fully saturated rings. The summed E-state index contributed by atoms with van der Waals surface area (Å²) in [6, 6.07) is 6.05. The normalized spacial score (nSPS) is 12.6. The first-order chi connectivity index (χ1) is 7.65. The molecule has 0 aliphatic rings. The second-order valence-corrected chi connectivity index (χ2v) is 10.9. The fourth-order valence-electron chi connectivity index (χ4n) is 1.40. The third kappa shape index (κ3) is 3.50. The first kappa shape index (κ1) is 14.1. The lowest BCUT2D eigenvalue weighted by molar-refractivity contribution is 0.492. The van der Waals surface area contributed by atoms with Gasteiger partial charge in [-0.25, -0.2) is 0 Å². The quantitative estimate of drug-likeness (QED) is 0.645. The van der Waals surface area contributed by atoms with E-state index in [-0.39, 0.29) is 5.04 Å². The molecule has 96 valence electrons. The van der Waals surface area contributed by atoms with E-state index in [1.54, 1.807) is 0 Å². The van der Waals surface area contributed by atoms with Gasteiger partial charge < -0.3 is 10.2 Å². The van der Waals surface area contributed by atoms with E-state index in [0.717, 1.165) is 17.9 Å². The predicted molar refractivity (Wildman–Crippen MR) is 78.1 cm³/mol. The summed E-state index contributed by atoms with van der Waals surface area (Å²) >= 11 is 0. The summed E-state index contributed by atoms with van der Waals surface area (Å²) < 4.78 is 6.25. The third-order valence-corrected chi connectivity index (χ3v) is 7.93. The largest absolute Gasteiger partial charge is 0.543 e. The van der Waals surface area contributed by atoms with Crippen LogP contribution < -0.4 is 10.2 Å². The van der Waals surface area contributed by atoms with E-state index in [2.05, 4.69) is 46.9 Å². The minimum atomic E-state index is -1.76. The van der Waals surface area contributed by atoms with E-state index >= 15 is 0 Å². The summed E-state index contributed by atoms with van der Waals surface area (Å²) in [6.45, 7) is 13.4. The van der Waals surface area contributed by atoms with E-state index in [9.17, 15) is 0 Å². The molecule has 0 unspecified atom stereocenters. The number of aryl methyl sites for hydroxylation is 1. The number of rotatable bonds is 3. The smallest absolute Gasteiger partial charge is 0.250 e. The zero-order chi connectivity index (χ0) is 13.3. The Bertz CT molecular complexity index is 394. The molecular weight excluding hydrogens is 226 g/mol. The molecule has 1 aromatic carbocycles. The van der Waals surface area contributed by atoms with Crippen molar-refractivity contribution in [2.45, 2.75) is 52.2 Å². The van der Waals surface area contributed by atoms with Gasteiger partial charge in [-0.2, -0.15) is 0 Å². The van der Waals surface area contributed by atoms with Crippen molar-refractivity contribution in [3.05, 3.63) is 23.8 Å². The number of nitrogens with two attached hydrogens (primary N) is 1. The van der Waals surface area contributed by atoms with Gasteiger partial charge in [0.25, 0.3) is 0 Å². The number of hydrogen-bond acceptors (Lipinski definition) is 2. The van der Waals surface area contributed by atoms with E-state index < -0.39 is 8.32 Å². The molecule has 0 heterocycles. The minimum absolute atomic E-state index is 0.212. The zero-order valence-electron chi connectivity index (χ0n) is 11.9. The van der Waals surface area contributed by atoms with Crippen molar-refractivity contribution < 1.29 is 4.43 Å². The summed E-state index contributed by atoms with van der Waals surface area (Å²) in [4.78, 5) is 0. The lowest BCUT2D eigenvalue weighted by atomic mass is 10.1. The van der Waals surface area contributed by atoms with Crippen molar-refractivity contribution >= 4 is 14.0 Å². The van der Waals surface area contributed by atoms with Crippen molar-refractivity contribution in [3.63, 3.8) is 0 Å². The Morgan fingerprint density at radius 3 is 2.24 bits per heavy atom. The van der Waals surface area contributed by atoms with Crippen molar-refractivity contribution in [1.29, 1.82) is 0 Å². The molecule has 0 spiro atoms. The van der Waals surface area contributed by atoms with Gasteiger partial charge in [-0.3, -0.25) is 0 Å². The van der Waals surface area contributed by atoms with Crippen LogP contribution in [0.15, 0.2) is 18.2 Å². The monoisotopic (exact) mass is 251 g/mol. The van der Waals surface area contributed by atoms with Crippen LogP contribution in [0.3, 0.4) is 0 Å². The van der Waals surface area contributed by atoms with Crippen LogP contribution in [0, 0.1) is 0 Å². The highest BCUT2D eigenvalue weighted by Crippen LogP contribution is 2.37. The van der Waals surface area contributed by atoms with Gasteiger partial charge in [0.15, 0.2) is 0 Å². The van der Waals surface area contributed by atoms with Crippen LogP contribution in [-0.4, -0.2) is 8.32 Å². The van der Waals surface area contributed by atoms with Gasteiger partial charge in [0, 0.05) is 11.8 Å². The highest BCUT2D eigenvalue weighted by Gasteiger charge is 2.38. The number of hydrogen-bond donors (Lipinski definition) is 1. The Labute approximate surface area is 106 Å². The Balaban J connectivity index is 2.99. The standard InChI is InChI=1S/C14H25NOSi/c1-7-11-8-12(15)10-13(9-11)16-17(5,6)14(2,3)4/h8-10H,7,15H2,1-6H3. The molecule has 0 amide bonds. The summed E-state index contributed by atoms with van der Waals surface area (Å²) in [6.07, 6.45) is 0.985. The van der Waals surface area contributed by atoms with Gasteiger partial charge in [-0.05, 0) is 42.2 Å². The summed E-state index contributed by atoms with van der Waals surface area (Å²) in [5.74, 6) is 0.924. The summed E-state index contributed by atoms with van der Waals surface area (Å²) in [5, 5.41) is 0.212. The molecule has 0 bridgehead atoms. The fraction of sp³-hybridized carbons (Fsp3) is 0.571. The molecule has 2 nitrogen and oxygen atoms in total. The van der Waals surface area contributed by atoms with Crippen LogP contribution in [-0.2, 0) is 6.42 Å². The Morgan fingerprint density at radius 1 is 1.18 bits per heavy atom. The van der Waals surface area contributed by atoms with Crippen LogP contribution in [0.1, 0.15) is 33.3 Å². The zero-order valence-corrected chi connectivity index (χ0v) is 12.9. The third-order valence-electron chi connectivity index (χ3n) is 3.58. The first-order valence-corrected chi connectivity index (χ1v) is 9.15. The molecular formula is C14H25NOSi. The Morgan fingerprint density at radius 2 is 1.76 bits per heavy atom. The van der Waals surface area contributed by atoms with Crippen LogP contribution in [0.4, 0.5) is 5.69 Å². The SMILES string of the molecule is CCc1cc(N)cc(O[Si](C)(C)C(C)(C)C)c1. The lowest BCUT2D eigenvalue weighted by Crippen LogP contribution is -2.43. The summed E-state index contributed by atoms with van der Waals surface area (Å²) in [7, 11) is -1.76. The number of benzene rings is 1. The van der Waals surface area contributed by atoms with Crippen molar-refractivity contribution in [1.82, 2.24) is 0 Å². The number of anilines is 1. The van der Waals surface area contributed by atoms with E-state index in [0.29, 0.717) is 0 Å². The van der Waals surface area contributed by atoms with Crippen molar-refractivity contribution in [3.8, 4) is 5.75 Å². The Kier molecular flexibility index (Phi) is 3.92. The molecule has 0 aliphatic heterocycles. The van der Waals surface area contributed by atoms with E-state index in [1.807, 2.05) is 12.1 Å². The second kappa shape index (κ2) is 4.73. The average Bonchev–Trinajstić information content (AvgIpc) is 2.14. The van der Waals surface area contributed by atoms with Crippen LogP contribution in [0.5, 0.6) is 5.75 Å². The van der Waals surface area contributed by atoms with Gasteiger partial charge in [0.05, 0.1) is 0 Å². The van der Waals surface area contributed by atoms with Crippen LogP contribution in [0.2, 0.25) is 18.1 Å². The van der Waals surface area contributed by atoms with Crippen molar-refractivity contribution in [2.75, 3.05) is 5.73 Å². The van der Waals surface area contributed by atoms with Gasteiger partial charge in [0.2, 0.25) is 8.32 Å². The molecule has 0 saturated carbocycles. The van der Waals surface area contributed by atoms with E-state index in [4.69, 9.17) is 10.2 Å². The molecule has 0 radical (unpaired) electrons. The molecule has 1 rings (SSSR count). The molecule has 1 aromatic rings. The average molecular weight is 251 g/mol. The molecule has 17 heavy (non-hydrogen) atoms. The van der Waals surface area contributed by atoms with Gasteiger partial charge in [0.1, 0.15) is 5.75 Å². The first-order valence-electron chi connectivity index (χ1n) is 6.24. The topological polar surface area (TPSA) is 35.2 Å². The minimum Gasteiger partial charge on any atom is -0.543 e. The molecule has 3 heteroatoms. The molecule has 2 N–H and O–H groups in total. The van der Waals surface area contributed by atoms with Gasteiger partial charge in [-0.15, -0.1) is 0 Å². The summed E-state index contributed by atoms with van der Waals surface area (Å²) in [5.41, 5.74) is 7.92. The molecule has 0 aromatic heterocycles. The van der Waals surface area contributed by atoms with Gasteiger partial charge >= 0.3 is 0 Å². The molecule has 0 atom stereocenters. The second-order valence-electron chi connectivity index (χ2n) is 6.13. The fourth-order valence-corrected chi connectivity index (χ4v) is 2.41. The van der Waals surface area contributed by atoms with Crippen LogP contribution in [0.25, 0.3) is 0 Å². The lowest BCUT2D eigenvalue weighted by Gasteiger charge is -2.36. The van der Waals surface area contributed by atoms with Crippen molar-refractivity contribution in [2.24, 2.45) is 0 Å². The molecule has 0 saturated heterocycles. The maximum absolute atomic E-state index is 6.25. The maximum atomic E-state index is 6.25. The van der Waals surface area contributed by atoms with Crippen LogP contribution >= 0.6 is 0 Å². The highest BCUT2D eigenvalue weighted by molar-refractivity contribution is 6.74.